The normalized spacial score (nSPS) is 11.6. The number of hydrogen-bond donors (Lipinski definition) is 1. The summed E-state index contributed by atoms with van der Waals surface area (Å²) < 4.78 is 34.6. The highest BCUT2D eigenvalue weighted by molar-refractivity contribution is 7.89. The summed E-state index contributed by atoms with van der Waals surface area (Å²) in [6.07, 6.45) is 0. The minimum atomic E-state index is -3.83. The zero-order valence-electron chi connectivity index (χ0n) is 16.4. The monoisotopic (exact) mass is 421 g/mol. The number of aryl methyl sites for hydroxylation is 1. The van der Waals surface area contributed by atoms with Gasteiger partial charge in [0.25, 0.3) is 0 Å². The highest BCUT2D eigenvalue weighted by atomic mass is 32.2. The first-order valence-electron chi connectivity index (χ1n) is 9.13. The summed E-state index contributed by atoms with van der Waals surface area (Å²) in [4.78, 5) is 13.4. The molecule has 0 radical (unpaired) electrons. The Kier molecular flexibility index (Phi) is 4.93. The van der Waals surface area contributed by atoms with Crippen molar-refractivity contribution in [2.24, 2.45) is 5.14 Å². The van der Waals surface area contributed by atoms with Gasteiger partial charge in [-0.1, -0.05) is 18.2 Å². The fourth-order valence-electron chi connectivity index (χ4n) is 3.44. The fourth-order valence-corrected chi connectivity index (χ4v) is 3.95. The van der Waals surface area contributed by atoms with Crippen LogP contribution in [0.2, 0.25) is 0 Å². The lowest BCUT2D eigenvalue weighted by Crippen LogP contribution is -2.12. The molecule has 0 atom stereocenters. The number of nitrogens with two attached hydrogens (primary N) is 1. The number of primary sulfonamides is 1. The van der Waals surface area contributed by atoms with Crippen LogP contribution in [-0.2, 0) is 10.0 Å². The van der Waals surface area contributed by atoms with E-state index >= 15 is 0 Å². The van der Waals surface area contributed by atoms with E-state index in [2.05, 4.69) is 0 Å². The Morgan fingerprint density at radius 1 is 0.933 bits per heavy atom. The van der Waals surface area contributed by atoms with E-state index in [4.69, 9.17) is 14.3 Å². The standard InChI is InChI=1S/C23H19NO5S/c1-14-13-16(9-12-19(14)28-2)21-22(25)18-5-3-4-6-20(18)29-23(21)15-7-10-17(11-8-15)30(24,26)27/h3-13H,1-2H3,(H2,24,26,27). The molecule has 0 saturated carbocycles. The van der Waals surface area contributed by atoms with Gasteiger partial charge in [0.15, 0.2) is 0 Å². The Morgan fingerprint density at radius 2 is 1.60 bits per heavy atom. The van der Waals surface area contributed by atoms with Crippen LogP contribution in [0.4, 0.5) is 0 Å². The molecule has 0 aliphatic rings. The molecule has 0 amide bonds. The molecule has 7 heteroatoms. The van der Waals surface area contributed by atoms with Crippen LogP contribution in [0.5, 0.6) is 5.75 Å². The molecule has 6 nitrogen and oxygen atoms in total. The quantitative estimate of drug-likeness (QED) is 0.535. The zero-order valence-corrected chi connectivity index (χ0v) is 17.2. The van der Waals surface area contributed by atoms with Gasteiger partial charge < -0.3 is 9.15 Å². The average Bonchev–Trinajstić information content (AvgIpc) is 2.73. The lowest BCUT2D eigenvalue weighted by molar-refractivity contribution is 0.412. The number of fused-ring (bicyclic) bond motifs is 1. The van der Waals surface area contributed by atoms with Crippen LogP contribution in [0.3, 0.4) is 0 Å². The summed E-state index contributed by atoms with van der Waals surface area (Å²) in [6, 6.07) is 18.4. The number of benzene rings is 3. The topological polar surface area (TPSA) is 99.6 Å². The molecule has 0 saturated heterocycles. The summed E-state index contributed by atoms with van der Waals surface area (Å²) in [5, 5.41) is 5.66. The molecule has 4 rings (SSSR count). The molecular weight excluding hydrogens is 402 g/mol. The van der Waals surface area contributed by atoms with Crippen molar-refractivity contribution in [3.8, 4) is 28.2 Å². The van der Waals surface area contributed by atoms with Gasteiger partial charge in [0.1, 0.15) is 17.1 Å². The first-order valence-corrected chi connectivity index (χ1v) is 10.7. The van der Waals surface area contributed by atoms with Crippen molar-refractivity contribution in [2.45, 2.75) is 11.8 Å². The number of ether oxygens (including phenoxy) is 1. The van der Waals surface area contributed by atoms with Crippen molar-refractivity contribution in [1.82, 2.24) is 0 Å². The Morgan fingerprint density at radius 3 is 2.23 bits per heavy atom. The number of sulfonamides is 1. The van der Waals surface area contributed by atoms with Crippen molar-refractivity contribution in [2.75, 3.05) is 7.11 Å². The number of hydrogen-bond acceptors (Lipinski definition) is 5. The summed E-state index contributed by atoms with van der Waals surface area (Å²) in [7, 11) is -2.24. The van der Waals surface area contributed by atoms with Crippen molar-refractivity contribution < 1.29 is 17.6 Å². The molecule has 2 N–H and O–H groups in total. The smallest absolute Gasteiger partial charge is 0.238 e. The van der Waals surface area contributed by atoms with Crippen molar-refractivity contribution in [3.05, 3.63) is 82.5 Å². The summed E-state index contributed by atoms with van der Waals surface area (Å²) in [5.41, 5.74) is 2.78. The van der Waals surface area contributed by atoms with E-state index in [9.17, 15) is 13.2 Å². The lowest BCUT2D eigenvalue weighted by Gasteiger charge is -2.13. The van der Waals surface area contributed by atoms with Gasteiger partial charge in [0.05, 0.1) is 23.0 Å². The molecule has 0 spiro atoms. The Hall–Kier alpha value is -3.42. The van der Waals surface area contributed by atoms with E-state index in [1.165, 1.54) is 12.1 Å². The predicted molar refractivity (Wildman–Crippen MR) is 116 cm³/mol. The van der Waals surface area contributed by atoms with Gasteiger partial charge in [-0.05, 0) is 66.6 Å². The van der Waals surface area contributed by atoms with Gasteiger partial charge in [-0.15, -0.1) is 0 Å². The van der Waals surface area contributed by atoms with Gasteiger partial charge in [-0.25, -0.2) is 13.6 Å². The number of rotatable bonds is 4. The fraction of sp³-hybridized carbons (Fsp3) is 0.0870. The molecule has 30 heavy (non-hydrogen) atoms. The predicted octanol–water partition coefficient (Wildman–Crippen LogP) is 4.09. The van der Waals surface area contributed by atoms with Crippen LogP contribution in [0.15, 0.2) is 80.8 Å². The first kappa shape index (κ1) is 19.9. The molecule has 0 bridgehead atoms. The third-order valence-electron chi connectivity index (χ3n) is 4.93. The number of para-hydroxylation sites is 1. The molecule has 0 aliphatic heterocycles. The Labute approximate surface area is 173 Å². The van der Waals surface area contributed by atoms with Gasteiger partial charge in [0.2, 0.25) is 15.5 Å². The SMILES string of the molecule is COc1ccc(-c2c(-c3ccc(S(N)(=O)=O)cc3)oc3ccccc3c2=O)cc1C. The minimum absolute atomic E-state index is 0.0174. The molecule has 152 valence electrons. The molecule has 4 aromatic rings. The van der Waals surface area contributed by atoms with Crippen molar-refractivity contribution >= 4 is 21.0 Å². The van der Waals surface area contributed by atoms with Crippen molar-refractivity contribution in [3.63, 3.8) is 0 Å². The minimum Gasteiger partial charge on any atom is -0.496 e. The molecule has 0 fully saturated rings. The van der Waals surface area contributed by atoms with Crippen LogP contribution >= 0.6 is 0 Å². The molecule has 1 aromatic heterocycles. The van der Waals surface area contributed by atoms with E-state index in [1.54, 1.807) is 55.6 Å². The average molecular weight is 421 g/mol. The van der Waals surface area contributed by atoms with Crippen LogP contribution < -0.4 is 15.3 Å². The highest BCUT2D eigenvalue weighted by Crippen LogP contribution is 2.34. The van der Waals surface area contributed by atoms with Gasteiger partial charge >= 0.3 is 0 Å². The largest absolute Gasteiger partial charge is 0.496 e. The first-order chi connectivity index (χ1) is 14.3. The zero-order chi connectivity index (χ0) is 21.5. The van der Waals surface area contributed by atoms with E-state index in [0.29, 0.717) is 39.2 Å². The second-order valence-electron chi connectivity index (χ2n) is 6.89. The Bertz CT molecular complexity index is 1420. The summed E-state index contributed by atoms with van der Waals surface area (Å²) in [6.45, 7) is 1.89. The van der Waals surface area contributed by atoms with Gasteiger partial charge in [-0.3, -0.25) is 4.79 Å². The second-order valence-corrected chi connectivity index (χ2v) is 8.45. The summed E-state index contributed by atoms with van der Waals surface area (Å²) in [5.74, 6) is 1.06. The second kappa shape index (κ2) is 7.44. The molecule has 1 heterocycles. The van der Waals surface area contributed by atoms with Crippen LogP contribution in [0, 0.1) is 6.92 Å². The molecular formula is C23H19NO5S. The van der Waals surface area contributed by atoms with Crippen LogP contribution in [-0.4, -0.2) is 15.5 Å². The maximum atomic E-state index is 13.4. The molecule has 0 unspecified atom stereocenters. The maximum Gasteiger partial charge on any atom is 0.238 e. The van der Waals surface area contributed by atoms with Crippen LogP contribution in [0.25, 0.3) is 33.4 Å². The van der Waals surface area contributed by atoms with E-state index in [-0.39, 0.29) is 10.3 Å². The van der Waals surface area contributed by atoms with Gasteiger partial charge in [-0.2, -0.15) is 0 Å². The maximum absolute atomic E-state index is 13.4. The van der Waals surface area contributed by atoms with Gasteiger partial charge in [0, 0.05) is 5.56 Å². The number of methoxy groups -OCH3 is 1. The highest BCUT2D eigenvalue weighted by Gasteiger charge is 2.19. The molecule has 3 aromatic carbocycles. The third kappa shape index (κ3) is 3.49. The third-order valence-corrected chi connectivity index (χ3v) is 5.86. The van der Waals surface area contributed by atoms with E-state index in [0.717, 1.165) is 5.56 Å². The summed E-state index contributed by atoms with van der Waals surface area (Å²) >= 11 is 0. The van der Waals surface area contributed by atoms with Crippen LogP contribution in [0.1, 0.15) is 5.56 Å². The Balaban J connectivity index is 2.02. The van der Waals surface area contributed by atoms with E-state index in [1.807, 2.05) is 13.0 Å². The van der Waals surface area contributed by atoms with Crippen molar-refractivity contribution in [1.29, 1.82) is 0 Å². The lowest BCUT2D eigenvalue weighted by atomic mass is 9.97. The van der Waals surface area contributed by atoms with E-state index < -0.39 is 10.0 Å². The molecule has 0 aliphatic carbocycles.